The van der Waals surface area contributed by atoms with E-state index in [1.165, 1.54) is 19.3 Å². The van der Waals surface area contributed by atoms with Gasteiger partial charge in [0.15, 0.2) is 0 Å². The third-order valence-electron chi connectivity index (χ3n) is 3.50. The zero-order valence-electron chi connectivity index (χ0n) is 8.67. The molecule has 0 unspecified atom stereocenters. The van der Waals surface area contributed by atoms with E-state index >= 15 is 0 Å². The van der Waals surface area contributed by atoms with Crippen molar-refractivity contribution in [3.63, 3.8) is 0 Å². The van der Waals surface area contributed by atoms with Gasteiger partial charge in [-0.3, -0.25) is 4.79 Å². The topological polar surface area (TPSA) is 55.1 Å². The van der Waals surface area contributed by atoms with Crippen LogP contribution in [0, 0.1) is 5.92 Å². The van der Waals surface area contributed by atoms with Crippen LogP contribution in [0.2, 0.25) is 0 Å². The van der Waals surface area contributed by atoms with Crippen molar-refractivity contribution in [3.8, 4) is 0 Å². The molecule has 2 saturated carbocycles. The molecule has 0 bridgehead atoms. The number of amides is 1. The third-order valence-corrected chi connectivity index (χ3v) is 3.50. The average molecular weight is 196 g/mol. The minimum Gasteiger partial charge on any atom is -0.353 e. The lowest BCUT2D eigenvalue weighted by atomic mass is 9.85. The van der Waals surface area contributed by atoms with Gasteiger partial charge in [0, 0.05) is 18.0 Å². The lowest BCUT2D eigenvalue weighted by Gasteiger charge is -2.34. The first-order valence-corrected chi connectivity index (χ1v) is 5.81. The second-order valence-electron chi connectivity index (χ2n) is 4.77. The van der Waals surface area contributed by atoms with Crippen LogP contribution < -0.4 is 11.1 Å². The second kappa shape index (κ2) is 4.30. The number of hydrogen-bond donors (Lipinski definition) is 2. The summed E-state index contributed by atoms with van der Waals surface area (Å²) < 4.78 is 0. The van der Waals surface area contributed by atoms with Crippen LogP contribution in [0.1, 0.15) is 44.9 Å². The monoisotopic (exact) mass is 196 g/mol. The van der Waals surface area contributed by atoms with Gasteiger partial charge in [0.1, 0.15) is 0 Å². The molecular weight excluding hydrogens is 176 g/mol. The number of hydrogen-bond acceptors (Lipinski definition) is 2. The Morgan fingerprint density at radius 3 is 2.36 bits per heavy atom. The Bertz CT molecular complexity index is 205. The van der Waals surface area contributed by atoms with Gasteiger partial charge in [-0.1, -0.05) is 19.3 Å². The Hall–Kier alpha value is -0.570. The van der Waals surface area contributed by atoms with Gasteiger partial charge in [-0.05, 0) is 25.7 Å². The summed E-state index contributed by atoms with van der Waals surface area (Å²) in [6.45, 7) is 0. The Balaban J connectivity index is 1.71. The van der Waals surface area contributed by atoms with Crippen LogP contribution in [-0.4, -0.2) is 18.0 Å². The molecule has 0 saturated heterocycles. The minimum absolute atomic E-state index is 0.279. The zero-order chi connectivity index (χ0) is 9.97. The molecular formula is C11H20N2O. The normalized spacial score (nSPS) is 33.5. The highest BCUT2D eigenvalue weighted by Crippen LogP contribution is 2.25. The highest BCUT2D eigenvalue weighted by atomic mass is 16.1. The maximum Gasteiger partial charge on any atom is 0.223 e. The Labute approximate surface area is 85.4 Å². The summed E-state index contributed by atoms with van der Waals surface area (Å²) in [6.07, 6.45) is 7.87. The zero-order valence-corrected chi connectivity index (χ0v) is 8.67. The van der Waals surface area contributed by atoms with Crippen LogP contribution in [-0.2, 0) is 4.79 Å². The highest BCUT2D eigenvalue weighted by molar-refractivity contribution is 5.79. The molecule has 14 heavy (non-hydrogen) atoms. The van der Waals surface area contributed by atoms with Gasteiger partial charge in [0.2, 0.25) is 5.91 Å². The summed E-state index contributed by atoms with van der Waals surface area (Å²) in [5, 5.41) is 3.10. The van der Waals surface area contributed by atoms with Crippen molar-refractivity contribution < 1.29 is 4.79 Å². The van der Waals surface area contributed by atoms with Crippen LogP contribution in [0.5, 0.6) is 0 Å². The maximum absolute atomic E-state index is 11.8. The van der Waals surface area contributed by atoms with Crippen LogP contribution >= 0.6 is 0 Å². The molecule has 2 aliphatic carbocycles. The van der Waals surface area contributed by atoms with E-state index in [2.05, 4.69) is 5.32 Å². The van der Waals surface area contributed by atoms with Crippen molar-refractivity contribution in [1.29, 1.82) is 0 Å². The Morgan fingerprint density at radius 2 is 1.79 bits per heavy atom. The van der Waals surface area contributed by atoms with E-state index in [0.717, 1.165) is 25.7 Å². The first kappa shape index (κ1) is 9.97. The van der Waals surface area contributed by atoms with Gasteiger partial charge in [-0.25, -0.2) is 0 Å². The molecule has 2 rings (SSSR count). The van der Waals surface area contributed by atoms with Gasteiger partial charge < -0.3 is 11.1 Å². The molecule has 0 aromatic heterocycles. The van der Waals surface area contributed by atoms with E-state index in [4.69, 9.17) is 5.73 Å². The lowest BCUT2D eigenvalue weighted by molar-refractivity contribution is -0.127. The fraction of sp³-hybridized carbons (Fsp3) is 0.909. The fourth-order valence-electron chi connectivity index (χ4n) is 2.46. The standard InChI is InChI=1S/C11H20N2O/c12-9-6-10(7-9)13-11(14)8-4-2-1-3-5-8/h8-10H,1-7,12H2,(H,13,14). The Kier molecular flexibility index (Phi) is 3.06. The van der Waals surface area contributed by atoms with Crippen molar-refractivity contribution in [2.75, 3.05) is 0 Å². The summed E-state index contributed by atoms with van der Waals surface area (Å²) in [5.41, 5.74) is 5.67. The molecule has 0 aliphatic heterocycles. The van der Waals surface area contributed by atoms with Gasteiger partial charge >= 0.3 is 0 Å². The van der Waals surface area contributed by atoms with Gasteiger partial charge in [0.25, 0.3) is 0 Å². The predicted molar refractivity (Wildman–Crippen MR) is 55.7 cm³/mol. The molecule has 80 valence electrons. The van der Waals surface area contributed by atoms with E-state index in [1.807, 2.05) is 0 Å². The number of rotatable bonds is 2. The molecule has 0 radical (unpaired) electrons. The second-order valence-corrected chi connectivity index (χ2v) is 4.77. The molecule has 3 nitrogen and oxygen atoms in total. The van der Waals surface area contributed by atoms with E-state index in [1.54, 1.807) is 0 Å². The van der Waals surface area contributed by atoms with Gasteiger partial charge in [0.05, 0.1) is 0 Å². The average Bonchev–Trinajstić information content (AvgIpc) is 2.17. The molecule has 0 aromatic carbocycles. The molecule has 1 amide bonds. The van der Waals surface area contributed by atoms with Gasteiger partial charge in [-0.2, -0.15) is 0 Å². The molecule has 0 heterocycles. The van der Waals surface area contributed by atoms with Crippen molar-refractivity contribution in [1.82, 2.24) is 5.32 Å². The van der Waals surface area contributed by atoms with Crippen molar-refractivity contribution in [2.24, 2.45) is 11.7 Å². The van der Waals surface area contributed by atoms with Crippen molar-refractivity contribution in [3.05, 3.63) is 0 Å². The first-order chi connectivity index (χ1) is 6.75. The molecule has 2 aliphatic rings. The van der Waals surface area contributed by atoms with Crippen LogP contribution in [0.25, 0.3) is 0 Å². The number of nitrogens with one attached hydrogen (secondary N) is 1. The lowest BCUT2D eigenvalue weighted by Crippen LogP contribution is -2.51. The van der Waals surface area contributed by atoms with E-state index in [9.17, 15) is 4.79 Å². The highest BCUT2D eigenvalue weighted by Gasteiger charge is 2.29. The van der Waals surface area contributed by atoms with E-state index in [0.29, 0.717) is 18.0 Å². The van der Waals surface area contributed by atoms with Crippen molar-refractivity contribution >= 4 is 5.91 Å². The summed E-state index contributed by atoms with van der Waals surface area (Å²) in [6, 6.07) is 0.700. The van der Waals surface area contributed by atoms with Crippen molar-refractivity contribution in [2.45, 2.75) is 57.0 Å². The molecule has 3 N–H and O–H groups in total. The van der Waals surface area contributed by atoms with Crippen LogP contribution in [0.4, 0.5) is 0 Å². The summed E-state index contributed by atoms with van der Waals surface area (Å²) >= 11 is 0. The molecule has 2 fully saturated rings. The molecule has 3 heteroatoms. The molecule has 0 aromatic rings. The van der Waals surface area contributed by atoms with E-state index < -0.39 is 0 Å². The number of nitrogens with two attached hydrogens (primary N) is 1. The number of carbonyl (C=O) groups is 1. The van der Waals surface area contributed by atoms with Gasteiger partial charge in [-0.15, -0.1) is 0 Å². The first-order valence-electron chi connectivity index (χ1n) is 5.81. The maximum atomic E-state index is 11.8. The van der Waals surface area contributed by atoms with E-state index in [-0.39, 0.29) is 5.91 Å². The third kappa shape index (κ3) is 2.27. The number of carbonyl (C=O) groups excluding carboxylic acids is 1. The smallest absolute Gasteiger partial charge is 0.223 e. The fourth-order valence-corrected chi connectivity index (χ4v) is 2.46. The van der Waals surface area contributed by atoms with Crippen LogP contribution in [0.15, 0.2) is 0 Å². The van der Waals surface area contributed by atoms with Crippen LogP contribution in [0.3, 0.4) is 0 Å². The Morgan fingerprint density at radius 1 is 1.14 bits per heavy atom. The quantitative estimate of drug-likeness (QED) is 0.696. The summed E-state index contributed by atoms with van der Waals surface area (Å²) in [4.78, 5) is 11.8. The summed E-state index contributed by atoms with van der Waals surface area (Å²) in [5.74, 6) is 0.571. The molecule has 0 spiro atoms. The molecule has 0 atom stereocenters. The minimum atomic E-state index is 0.279. The SMILES string of the molecule is NC1CC(NC(=O)C2CCCCC2)C1. The summed E-state index contributed by atoms with van der Waals surface area (Å²) in [7, 11) is 0. The predicted octanol–water partition coefficient (Wildman–Crippen LogP) is 1.17. The largest absolute Gasteiger partial charge is 0.353 e.